The standard InChI is InChI=1S/C11H18ClNO3/c12-8-5-10(15)13-11(16-9-14)6-3-1-2-4-7-11/h9H,1-8H2,(H,13,15). The molecule has 1 amide bonds. The van der Waals surface area contributed by atoms with Crippen molar-refractivity contribution in [3.8, 4) is 0 Å². The van der Waals surface area contributed by atoms with Gasteiger partial charge in [0.15, 0.2) is 5.72 Å². The summed E-state index contributed by atoms with van der Waals surface area (Å²) in [5, 5.41) is 2.80. The lowest BCUT2D eigenvalue weighted by atomic mass is 10.0. The van der Waals surface area contributed by atoms with E-state index in [4.69, 9.17) is 16.3 Å². The molecule has 5 heteroatoms. The van der Waals surface area contributed by atoms with E-state index < -0.39 is 5.72 Å². The van der Waals surface area contributed by atoms with Gasteiger partial charge < -0.3 is 10.1 Å². The van der Waals surface area contributed by atoms with Crippen LogP contribution in [0.25, 0.3) is 0 Å². The zero-order chi connectivity index (χ0) is 11.9. The van der Waals surface area contributed by atoms with Crippen LogP contribution < -0.4 is 5.32 Å². The second-order valence-electron chi connectivity index (χ2n) is 4.11. The Hall–Kier alpha value is -0.770. The Morgan fingerprint density at radius 2 is 1.94 bits per heavy atom. The Kier molecular flexibility index (Phi) is 5.60. The first-order chi connectivity index (χ1) is 7.72. The van der Waals surface area contributed by atoms with Gasteiger partial charge in [-0.1, -0.05) is 12.8 Å². The van der Waals surface area contributed by atoms with Gasteiger partial charge in [-0.05, 0) is 12.8 Å². The topological polar surface area (TPSA) is 55.4 Å². The predicted molar refractivity (Wildman–Crippen MR) is 61.1 cm³/mol. The number of carbonyl (C=O) groups excluding carboxylic acids is 2. The highest BCUT2D eigenvalue weighted by atomic mass is 35.5. The van der Waals surface area contributed by atoms with Crippen molar-refractivity contribution in [1.82, 2.24) is 5.32 Å². The number of amides is 1. The van der Waals surface area contributed by atoms with E-state index in [1.807, 2.05) is 0 Å². The van der Waals surface area contributed by atoms with Gasteiger partial charge in [-0.15, -0.1) is 11.6 Å². The number of carbonyl (C=O) groups is 2. The lowest BCUT2D eigenvalue weighted by Gasteiger charge is -2.31. The fourth-order valence-corrected chi connectivity index (χ4v) is 2.24. The number of alkyl halides is 1. The zero-order valence-corrected chi connectivity index (χ0v) is 10.1. The molecule has 1 N–H and O–H groups in total. The van der Waals surface area contributed by atoms with E-state index in [-0.39, 0.29) is 18.2 Å². The number of rotatable bonds is 5. The van der Waals surface area contributed by atoms with Gasteiger partial charge in [0.25, 0.3) is 6.47 Å². The van der Waals surface area contributed by atoms with Crippen molar-refractivity contribution in [2.45, 2.75) is 50.7 Å². The molecule has 1 fully saturated rings. The Bertz CT molecular complexity index is 237. The molecule has 92 valence electrons. The Labute approximate surface area is 101 Å². The monoisotopic (exact) mass is 247 g/mol. The summed E-state index contributed by atoms with van der Waals surface area (Å²) in [5.74, 6) is 0.127. The van der Waals surface area contributed by atoms with E-state index in [2.05, 4.69) is 5.32 Å². The van der Waals surface area contributed by atoms with Crippen molar-refractivity contribution in [2.24, 2.45) is 0 Å². The SMILES string of the molecule is O=COC1(NC(=O)CCCl)CCCCCC1. The molecule has 0 unspecified atom stereocenters. The average Bonchev–Trinajstić information content (AvgIpc) is 2.45. The highest BCUT2D eigenvalue weighted by molar-refractivity contribution is 6.18. The Morgan fingerprint density at radius 1 is 1.31 bits per heavy atom. The summed E-state index contributed by atoms with van der Waals surface area (Å²) in [7, 11) is 0. The van der Waals surface area contributed by atoms with Gasteiger partial charge in [0.2, 0.25) is 5.91 Å². The van der Waals surface area contributed by atoms with Crippen LogP contribution >= 0.6 is 11.6 Å². The van der Waals surface area contributed by atoms with Gasteiger partial charge in [-0.3, -0.25) is 9.59 Å². The van der Waals surface area contributed by atoms with Crippen molar-refractivity contribution in [3.05, 3.63) is 0 Å². The van der Waals surface area contributed by atoms with Gasteiger partial charge in [0.05, 0.1) is 0 Å². The summed E-state index contributed by atoms with van der Waals surface area (Å²) >= 11 is 5.50. The minimum absolute atomic E-state index is 0.154. The first kappa shape index (κ1) is 13.3. The van der Waals surface area contributed by atoms with Crippen LogP contribution in [0.4, 0.5) is 0 Å². The summed E-state index contributed by atoms with van der Waals surface area (Å²) < 4.78 is 5.11. The summed E-state index contributed by atoms with van der Waals surface area (Å²) in [6, 6.07) is 0. The second kappa shape index (κ2) is 6.74. The molecule has 1 rings (SSSR count). The van der Waals surface area contributed by atoms with E-state index in [1.165, 1.54) is 0 Å². The van der Waals surface area contributed by atoms with Crippen molar-refractivity contribution in [3.63, 3.8) is 0 Å². The van der Waals surface area contributed by atoms with Gasteiger partial charge >= 0.3 is 0 Å². The highest BCUT2D eigenvalue weighted by Crippen LogP contribution is 2.27. The molecule has 1 saturated carbocycles. The van der Waals surface area contributed by atoms with Gasteiger partial charge in [0, 0.05) is 25.1 Å². The molecule has 16 heavy (non-hydrogen) atoms. The van der Waals surface area contributed by atoms with Crippen LogP contribution in [0.3, 0.4) is 0 Å². The quantitative estimate of drug-likeness (QED) is 0.350. The van der Waals surface area contributed by atoms with Crippen LogP contribution in [0.1, 0.15) is 44.9 Å². The van der Waals surface area contributed by atoms with Gasteiger partial charge in [-0.2, -0.15) is 0 Å². The molecular weight excluding hydrogens is 230 g/mol. The van der Waals surface area contributed by atoms with Crippen LogP contribution in [-0.4, -0.2) is 24.0 Å². The largest absolute Gasteiger partial charge is 0.441 e. The van der Waals surface area contributed by atoms with E-state index in [1.54, 1.807) is 0 Å². The summed E-state index contributed by atoms with van der Waals surface area (Å²) in [6.45, 7) is 0.423. The van der Waals surface area contributed by atoms with Crippen molar-refractivity contribution >= 4 is 24.0 Å². The second-order valence-corrected chi connectivity index (χ2v) is 4.49. The lowest BCUT2D eigenvalue weighted by molar-refractivity contribution is -0.153. The molecule has 0 aromatic heterocycles. The first-order valence-corrected chi connectivity index (χ1v) is 6.24. The maximum absolute atomic E-state index is 11.5. The minimum atomic E-state index is -0.790. The van der Waals surface area contributed by atoms with Crippen LogP contribution in [0.5, 0.6) is 0 Å². The molecule has 4 nitrogen and oxygen atoms in total. The van der Waals surface area contributed by atoms with Crippen LogP contribution in [-0.2, 0) is 14.3 Å². The summed E-state index contributed by atoms with van der Waals surface area (Å²) in [4.78, 5) is 22.0. The molecule has 0 bridgehead atoms. The molecule has 0 aliphatic heterocycles. The number of ether oxygens (including phenoxy) is 1. The third-order valence-corrected chi connectivity index (χ3v) is 3.06. The van der Waals surface area contributed by atoms with E-state index in [0.29, 0.717) is 19.3 Å². The molecule has 0 saturated heterocycles. The fourth-order valence-electron chi connectivity index (χ4n) is 2.07. The molecular formula is C11H18ClNO3. The number of nitrogens with one attached hydrogen (secondary N) is 1. The van der Waals surface area contributed by atoms with Crippen LogP contribution in [0.2, 0.25) is 0 Å². The third kappa shape index (κ3) is 4.00. The van der Waals surface area contributed by atoms with E-state index >= 15 is 0 Å². The van der Waals surface area contributed by atoms with Gasteiger partial charge in [0.1, 0.15) is 0 Å². The molecule has 0 aromatic rings. The predicted octanol–water partition coefficient (Wildman–Crippen LogP) is 1.96. The van der Waals surface area contributed by atoms with Crippen LogP contribution in [0, 0.1) is 0 Å². The highest BCUT2D eigenvalue weighted by Gasteiger charge is 2.33. The first-order valence-electron chi connectivity index (χ1n) is 5.71. The number of hydrogen-bond acceptors (Lipinski definition) is 3. The Balaban J connectivity index is 2.61. The third-order valence-electron chi connectivity index (χ3n) is 2.87. The normalized spacial score (nSPS) is 19.6. The number of hydrogen-bond donors (Lipinski definition) is 1. The molecule has 0 heterocycles. The number of halogens is 1. The van der Waals surface area contributed by atoms with Crippen LogP contribution in [0.15, 0.2) is 0 Å². The minimum Gasteiger partial charge on any atom is -0.441 e. The summed E-state index contributed by atoms with van der Waals surface area (Å²) in [6.07, 6.45) is 5.82. The van der Waals surface area contributed by atoms with Crippen molar-refractivity contribution in [1.29, 1.82) is 0 Å². The molecule has 0 radical (unpaired) electrons. The van der Waals surface area contributed by atoms with Crippen molar-refractivity contribution in [2.75, 3.05) is 5.88 Å². The maximum Gasteiger partial charge on any atom is 0.295 e. The molecule has 0 spiro atoms. The van der Waals surface area contributed by atoms with Gasteiger partial charge in [-0.25, -0.2) is 0 Å². The van der Waals surface area contributed by atoms with E-state index in [0.717, 1.165) is 25.7 Å². The summed E-state index contributed by atoms with van der Waals surface area (Å²) in [5.41, 5.74) is -0.790. The van der Waals surface area contributed by atoms with E-state index in [9.17, 15) is 9.59 Å². The average molecular weight is 248 g/mol. The zero-order valence-electron chi connectivity index (χ0n) is 9.34. The van der Waals surface area contributed by atoms with Crippen molar-refractivity contribution < 1.29 is 14.3 Å². The molecule has 1 aliphatic rings. The lowest BCUT2D eigenvalue weighted by Crippen LogP contribution is -2.50. The fraction of sp³-hybridized carbons (Fsp3) is 0.818. The molecule has 0 atom stereocenters. The maximum atomic E-state index is 11.5. The Morgan fingerprint density at radius 3 is 2.44 bits per heavy atom. The molecule has 1 aliphatic carbocycles. The molecule has 0 aromatic carbocycles. The smallest absolute Gasteiger partial charge is 0.295 e.